The van der Waals surface area contributed by atoms with Gasteiger partial charge in [-0.2, -0.15) is 0 Å². The highest BCUT2D eigenvalue weighted by Gasteiger charge is 2.10. The van der Waals surface area contributed by atoms with E-state index in [1.165, 1.54) is 22.5 Å². The summed E-state index contributed by atoms with van der Waals surface area (Å²) < 4.78 is 0. The van der Waals surface area contributed by atoms with E-state index in [1.54, 1.807) is 0 Å². The average molecular weight is 351 g/mol. The summed E-state index contributed by atoms with van der Waals surface area (Å²) in [7, 11) is 0. The largest absolute Gasteiger partial charge is 0.325 e. The van der Waals surface area contributed by atoms with Crippen molar-refractivity contribution in [2.24, 2.45) is 0 Å². The maximum atomic E-state index is 12.2. The normalized spacial score (nSPS) is 10.6. The summed E-state index contributed by atoms with van der Waals surface area (Å²) >= 11 is 1.42. The van der Waals surface area contributed by atoms with Crippen LogP contribution in [0.15, 0.2) is 41.8 Å². The molecule has 0 spiro atoms. The van der Waals surface area contributed by atoms with E-state index in [4.69, 9.17) is 0 Å². The molecule has 2 aromatic carbocycles. The summed E-state index contributed by atoms with van der Waals surface area (Å²) in [5.41, 5.74) is 7.34. The Kier molecular flexibility index (Phi) is 4.86. The van der Waals surface area contributed by atoms with Gasteiger partial charge in [0.1, 0.15) is 0 Å². The van der Waals surface area contributed by atoms with Crippen LogP contribution < -0.4 is 10.6 Å². The van der Waals surface area contributed by atoms with Gasteiger partial charge in [0.05, 0.1) is 5.69 Å². The quantitative estimate of drug-likeness (QED) is 0.637. The van der Waals surface area contributed by atoms with Crippen LogP contribution in [0, 0.1) is 27.7 Å². The molecule has 1 heterocycles. The Morgan fingerprint density at radius 1 is 0.920 bits per heavy atom. The molecule has 0 unspecified atom stereocenters. The minimum Gasteiger partial charge on any atom is -0.308 e. The van der Waals surface area contributed by atoms with E-state index >= 15 is 0 Å². The highest BCUT2D eigenvalue weighted by atomic mass is 32.1. The smallest absolute Gasteiger partial charge is 0.308 e. The third kappa shape index (κ3) is 4.25. The zero-order valence-corrected chi connectivity index (χ0v) is 15.6. The highest BCUT2D eigenvalue weighted by molar-refractivity contribution is 7.14. The Bertz CT molecular complexity index is 910. The molecule has 0 aliphatic carbocycles. The third-order valence-electron chi connectivity index (χ3n) is 3.87. The molecule has 0 fully saturated rings. The van der Waals surface area contributed by atoms with Crippen LogP contribution in [-0.4, -0.2) is 11.0 Å². The van der Waals surface area contributed by atoms with Gasteiger partial charge in [-0.05, 0) is 62.6 Å². The minimum atomic E-state index is -0.285. The van der Waals surface area contributed by atoms with Crippen molar-refractivity contribution >= 4 is 28.2 Å². The van der Waals surface area contributed by atoms with Crippen molar-refractivity contribution in [1.29, 1.82) is 0 Å². The molecule has 3 rings (SSSR count). The number of anilines is 2. The first-order chi connectivity index (χ1) is 11.9. The number of hydrogen-bond acceptors (Lipinski definition) is 3. The Hall–Kier alpha value is -2.66. The van der Waals surface area contributed by atoms with Crippen LogP contribution in [0.4, 0.5) is 15.6 Å². The lowest BCUT2D eigenvalue weighted by molar-refractivity contribution is 0.262. The van der Waals surface area contributed by atoms with E-state index in [9.17, 15) is 4.79 Å². The van der Waals surface area contributed by atoms with Crippen molar-refractivity contribution in [3.8, 4) is 11.3 Å². The fraction of sp³-hybridized carbons (Fsp3) is 0.200. The topological polar surface area (TPSA) is 54.0 Å². The number of thiazole rings is 1. The number of carbonyl (C=O) groups is 1. The van der Waals surface area contributed by atoms with Gasteiger partial charge in [-0.15, -0.1) is 11.3 Å². The standard InChI is InChI=1S/C20H21N3OS/c1-12-5-6-15(4)17(10-12)18-11-25-20(22-18)23-19(24)21-16-8-13(2)7-14(3)9-16/h5-11H,1-4H3,(H2,21,22,23,24). The number of aromatic nitrogens is 1. The second-order valence-corrected chi connectivity index (χ2v) is 7.17. The van der Waals surface area contributed by atoms with Gasteiger partial charge in [0, 0.05) is 16.6 Å². The van der Waals surface area contributed by atoms with Gasteiger partial charge in [0.15, 0.2) is 5.13 Å². The van der Waals surface area contributed by atoms with Crippen LogP contribution in [0.3, 0.4) is 0 Å². The van der Waals surface area contributed by atoms with Gasteiger partial charge in [0.2, 0.25) is 0 Å². The number of amides is 2. The van der Waals surface area contributed by atoms with Gasteiger partial charge in [0.25, 0.3) is 0 Å². The molecule has 0 bridgehead atoms. The van der Waals surface area contributed by atoms with Gasteiger partial charge < -0.3 is 5.32 Å². The molecule has 0 atom stereocenters. The zero-order valence-electron chi connectivity index (χ0n) is 14.8. The van der Waals surface area contributed by atoms with Crippen molar-refractivity contribution < 1.29 is 4.79 Å². The first-order valence-electron chi connectivity index (χ1n) is 8.10. The van der Waals surface area contributed by atoms with Gasteiger partial charge in [-0.1, -0.05) is 23.8 Å². The summed E-state index contributed by atoms with van der Waals surface area (Å²) in [6.45, 7) is 8.14. The van der Waals surface area contributed by atoms with Gasteiger partial charge in [-0.3, -0.25) is 5.32 Å². The Morgan fingerprint density at radius 2 is 1.64 bits per heavy atom. The van der Waals surface area contributed by atoms with Crippen LogP contribution >= 0.6 is 11.3 Å². The molecule has 0 saturated heterocycles. The first kappa shape index (κ1) is 17.2. The van der Waals surface area contributed by atoms with E-state index < -0.39 is 0 Å². The number of aryl methyl sites for hydroxylation is 4. The summed E-state index contributed by atoms with van der Waals surface area (Å²) in [6, 6.07) is 12.0. The Labute approximate surface area is 151 Å². The predicted octanol–water partition coefficient (Wildman–Crippen LogP) is 5.69. The van der Waals surface area contributed by atoms with Crippen molar-refractivity contribution in [2.45, 2.75) is 27.7 Å². The van der Waals surface area contributed by atoms with Crippen molar-refractivity contribution in [1.82, 2.24) is 4.98 Å². The lowest BCUT2D eigenvalue weighted by Crippen LogP contribution is -2.19. The first-order valence-corrected chi connectivity index (χ1v) is 8.98. The maximum absolute atomic E-state index is 12.2. The molecule has 0 aliphatic rings. The second kappa shape index (κ2) is 7.07. The highest BCUT2D eigenvalue weighted by Crippen LogP contribution is 2.28. The molecule has 4 nitrogen and oxygen atoms in total. The molecule has 2 amide bonds. The molecule has 5 heteroatoms. The molecular weight excluding hydrogens is 330 g/mol. The van der Waals surface area contributed by atoms with Crippen molar-refractivity contribution in [3.05, 3.63) is 64.0 Å². The molecule has 128 valence electrons. The van der Waals surface area contributed by atoms with Gasteiger partial charge >= 0.3 is 6.03 Å². The van der Waals surface area contributed by atoms with E-state index in [1.807, 2.05) is 31.4 Å². The molecule has 0 saturated carbocycles. The number of benzene rings is 2. The molecule has 25 heavy (non-hydrogen) atoms. The summed E-state index contributed by atoms with van der Waals surface area (Å²) in [5, 5.41) is 8.22. The summed E-state index contributed by atoms with van der Waals surface area (Å²) in [6.07, 6.45) is 0. The summed E-state index contributed by atoms with van der Waals surface area (Å²) in [5.74, 6) is 0. The number of urea groups is 1. The average Bonchev–Trinajstić information content (AvgIpc) is 2.96. The van der Waals surface area contributed by atoms with Crippen molar-refractivity contribution in [2.75, 3.05) is 10.6 Å². The molecule has 1 aromatic heterocycles. The molecule has 3 aromatic rings. The SMILES string of the molecule is Cc1cc(C)cc(NC(=O)Nc2nc(-c3cc(C)ccc3C)cs2)c1. The van der Waals surface area contributed by atoms with E-state index in [2.05, 4.69) is 53.7 Å². The zero-order chi connectivity index (χ0) is 18.0. The fourth-order valence-electron chi connectivity index (χ4n) is 2.77. The van der Waals surface area contributed by atoms with Crippen LogP contribution in [0.25, 0.3) is 11.3 Å². The molecule has 2 N–H and O–H groups in total. The minimum absolute atomic E-state index is 0.285. The number of hydrogen-bond donors (Lipinski definition) is 2. The number of carbonyl (C=O) groups excluding carboxylic acids is 1. The Morgan fingerprint density at radius 3 is 2.36 bits per heavy atom. The van der Waals surface area contributed by atoms with Gasteiger partial charge in [-0.25, -0.2) is 9.78 Å². The predicted molar refractivity (Wildman–Crippen MR) is 106 cm³/mol. The Balaban J connectivity index is 1.72. The van der Waals surface area contributed by atoms with Crippen molar-refractivity contribution in [3.63, 3.8) is 0 Å². The third-order valence-corrected chi connectivity index (χ3v) is 4.63. The molecule has 0 radical (unpaired) electrons. The van der Waals surface area contributed by atoms with Crippen LogP contribution in [0.2, 0.25) is 0 Å². The van der Waals surface area contributed by atoms with Crippen LogP contribution in [0.1, 0.15) is 22.3 Å². The van der Waals surface area contributed by atoms with E-state index in [0.29, 0.717) is 5.13 Å². The van der Waals surface area contributed by atoms with Crippen LogP contribution in [-0.2, 0) is 0 Å². The monoisotopic (exact) mass is 351 g/mol. The van der Waals surface area contributed by atoms with Crippen LogP contribution in [0.5, 0.6) is 0 Å². The fourth-order valence-corrected chi connectivity index (χ4v) is 3.48. The van der Waals surface area contributed by atoms with E-state index in [0.717, 1.165) is 28.1 Å². The molecule has 0 aliphatic heterocycles. The lowest BCUT2D eigenvalue weighted by Gasteiger charge is -2.07. The number of nitrogens with zero attached hydrogens (tertiary/aromatic N) is 1. The number of nitrogens with one attached hydrogen (secondary N) is 2. The lowest BCUT2D eigenvalue weighted by atomic mass is 10.0. The van der Waals surface area contributed by atoms with E-state index in [-0.39, 0.29) is 6.03 Å². The molecular formula is C20H21N3OS. The second-order valence-electron chi connectivity index (χ2n) is 6.31. The number of rotatable bonds is 3. The maximum Gasteiger partial charge on any atom is 0.325 e. The summed E-state index contributed by atoms with van der Waals surface area (Å²) in [4.78, 5) is 16.8.